The smallest absolute Gasteiger partial charge is 0.422 e. The molecule has 1 amide bonds. The van der Waals surface area contributed by atoms with Gasteiger partial charge in [0.25, 0.3) is 0 Å². The quantitative estimate of drug-likeness (QED) is 0.659. The van der Waals surface area contributed by atoms with Crippen molar-refractivity contribution in [3.8, 4) is 5.88 Å². The first-order chi connectivity index (χ1) is 15.0. The number of alkyl halides is 6. The van der Waals surface area contributed by atoms with Gasteiger partial charge in [0.1, 0.15) is 5.82 Å². The summed E-state index contributed by atoms with van der Waals surface area (Å²) in [5.41, 5.74) is -0.383. The van der Waals surface area contributed by atoms with Gasteiger partial charge in [-0.3, -0.25) is 4.79 Å². The number of anilines is 1. The van der Waals surface area contributed by atoms with Crippen LogP contribution in [0.1, 0.15) is 24.0 Å². The number of ether oxygens (including phenoxy) is 1. The molecule has 0 spiro atoms. The van der Waals surface area contributed by atoms with E-state index in [1.54, 1.807) is 0 Å². The molecule has 1 N–H and O–H groups in total. The number of hydrogen-bond acceptors (Lipinski definition) is 5. The number of carbonyl (C=O) groups is 1. The molecule has 1 unspecified atom stereocenters. The Morgan fingerprint density at radius 1 is 1.16 bits per heavy atom. The maximum atomic E-state index is 13.3. The van der Waals surface area contributed by atoms with Gasteiger partial charge in [-0.05, 0) is 36.6 Å². The molecule has 0 radical (unpaired) electrons. The van der Waals surface area contributed by atoms with Crippen molar-refractivity contribution >= 4 is 11.7 Å². The summed E-state index contributed by atoms with van der Waals surface area (Å²) in [5.74, 6) is -1.37. The van der Waals surface area contributed by atoms with E-state index in [-0.39, 0.29) is 30.7 Å². The van der Waals surface area contributed by atoms with E-state index in [4.69, 9.17) is 0 Å². The summed E-state index contributed by atoms with van der Waals surface area (Å²) < 4.78 is 81.3. The maximum absolute atomic E-state index is 13.3. The fraction of sp³-hybridized carbons (Fsp3) is 0.450. The molecule has 0 bridgehead atoms. The number of amides is 1. The Balaban J connectivity index is 1.60. The molecule has 1 aliphatic rings. The summed E-state index contributed by atoms with van der Waals surface area (Å²) in [5, 5.41) is 2.67. The maximum Gasteiger partial charge on any atom is 0.422 e. The standard InChI is InChI=1S/C20H20F6N4O2/c21-19(22,23)12-32-16-9-13(5-7-27-16)10-29-18(31)14-3-2-8-30(11-14)17-15(20(24,25)26)4-1-6-28-17/h1,4-7,9,14H,2-3,8,10-12H2,(H,29,31). The van der Waals surface area contributed by atoms with E-state index in [1.165, 1.54) is 35.5 Å². The second-order valence-electron chi connectivity index (χ2n) is 7.28. The molecule has 174 valence electrons. The number of rotatable bonds is 6. The summed E-state index contributed by atoms with van der Waals surface area (Å²) in [7, 11) is 0. The van der Waals surface area contributed by atoms with E-state index in [1.807, 2.05) is 0 Å². The van der Waals surface area contributed by atoms with Gasteiger partial charge in [-0.25, -0.2) is 9.97 Å². The first kappa shape index (κ1) is 23.6. The summed E-state index contributed by atoms with van der Waals surface area (Å²) in [6.45, 7) is -1.06. The van der Waals surface area contributed by atoms with Gasteiger partial charge in [-0.1, -0.05) is 0 Å². The minimum atomic E-state index is -4.56. The Morgan fingerprint density at radius 3 is 2.66 bits per heavy atom. The van der Waals surface area contributed by atoms with Gasteiger partial charge in [-0.2, -0.15) is 26.3 Å². The van der Waals surface area contributed by atoms with Gasteiger partial charge >= 0.3 is 12.4 Å². The molecule has 0 aliphatic carbocycles. The molecule has 0 saturated carbocycles. The monoisotopic (exact) mass is 462 g/mol. The molecule has 2 aromatic heterocycles. The molecule has 1 atom stereocenters. The fourth-order valence-electron chi connectivity index (χ4n) is 3.38. The van der Waals surface area contributed by atoms with Crippen LogP contribution >= 0.6 is 0 Å². The largest absolute Gasteiger partial charge is 0.468 e. The van der Waals surface area contributed by atoms with Gasteiger partial charge in [0.15, 0.2) is 6.61 Å². The lowest BCUT2D eigenvalue weighted by Crippen LogP contribution is -2.43. The zero-order chi connectivity index (χ0) is 23.4. The van der Waals surface area contributed by atoms with Crippen LogP contribution in [0, 0.1) is 5.92 Å². The van der Waals surface area contributed by atoms with E-state index in [9.17, 15) is 31.1 Å². The van der Waals surface area contributed by atoms with E-state index in [0.717, 1.165) is 6.07 Å². The molecule has 1 fully saturated rings. The number of aromatic nitrogens is 2. The number of piperidine rings is 1. The normalized spacial score (nSPS) is 17.2. The Bertz CT molecular complexity index is 935. The lowest BCUT2D eigenvalue weighted by molar-refractivity contribution is -0.154. The molecule has 6 nitrogen and oxygen atoms in total. The molecule has 2 aromatic rings. The average molecular weight is 462 g/mol. The summed E-state index contributed by atoms with van der Waals surface area (Å²) in [6, 6.07) is 4.95. The van der Waals surface area contributed by atoms with E-state index < -0.39 is 30.4 Å². The summed E-state index contributed by atoms with van der Waals surface area (Å²) in [6.07, 6.45) is -5.53. The highest BCUT2D eigenvalue weighted by molar-refractivity contribution is 5.79. The van der Waals surface area contributed by atoms with Crippen molar-refractivity contribution in [3.05, 3.63) is 47.8 Å². The van der Waals surface area contributed by atoms with E-state index in [2.05, 4.69) is 20.0 Å². The van der Waals surface area contributed by atoms with Crippen LogP contribution in [0.15, 0.2) is 36.7 Å². The van der Waals surface area contributed by atoms with Gasteiger partial charge < -0.3 is 15.0 Å². The van der Waals surface area contributed by atoms with E-state index in [0.29, 0.717) is 24.9 Å². The zero-order valence-corrected chi connectivity index (χ0v) is 16.7. The second kappa shape index (κ2) is 9.61. The number of nitrogens with zero attached hydrogens (tertiary/aromatic N) is 3. The zero-order valence-electron chi connectivity index (χ0n) is 16.7. The molecular weight excluding hydrogens is 442 g/mol. The highest BCUT2D eigenvalue weighted by Crippen LogP contribution is 2.36. The van der Waals surface area contributed by atoms with Crippen molar-refractivity contribution in [2.45, 2.75) is 31.7 Å². The van der Waals surface area contributed by atoms with Gasteiger partial charge in [-0.15, -0.1) is 0 Å². The van der Waals surface area contributed by atoms with Crippen LogP contribution in [0.5, 0.6) is 5.88 Å². The van der Waals surface area contributed by atoms with Crippen molar-refractivity contribution in [2.24, 2.45) is 5.92 Å². The third kappa shape index (κ3) is 6.47. The lowest BCUT2D eigenvalue weighted by Gasteiger charge is -2.34. The fourth-order valence-corrected chi connectivity index (χ4v) is 3.38. The first-order valence-electron chi connectivity index (χ1n) is 9.72. The van der Waals surface area contributed by atoms with Crippen LogP contribution in [0.4, 0.5) is 32.2 Å². The SMILES string of the molecule is O=C(NCc1ccnc(OCC(F)(F)F)c1)C1CCCN(c2ncccc2C(F)(F)F)C1. The van der Waals surface area contributed by atoms with Crippen LogP contribution in [0.3, 0.4) is 0 Å². The summed E-state index contributed by atoms with van der Waals surface area (Å²) >= 11 is 0. The molecule has 1 saturated heterocycles. The van der Waals surface area contributed by atoms with Crippen LogP contribution in [-0.4, -0.2) is 41.7 Å². The molecule has 12 heteroatoms. The number of nitrogens with one attached hydrogen (secondary N) is 1. The minimum Gasteiger partial charge on any atom is -0.468 e. The number of carbonyl (C=O) groups excluding carboxylic acids is 1. The Kier molecular flexibility index (Phi) is 7.09. The van der Waals surface area contributed by atoms with Gasteiger partial charge in [0, 0.05) is 38.1 Å². The number of halogens is 6. The van der Waals surface area contributed by atoms with Crippen molar-refractivity contribution in [1.82, 2.24) is 15.3 Å². The molecule has 32 heavy (non-hydrogen) atoms. The van der Waals surface area contributed by atoms with Crippen LogP contribution in [-0.2, 0) is 17.5 Å². The highest BCUT2D eigenvalue weighted by Gasteiger charge is 2.37. The van der Waals surface area contributed by atoms with Gasteiger partial charge in [0.05, 0.1) is 11.5 Å². The topological polar surface area (TPSA) is 67.3 Å². The minimum absolute atomic E-state index is 0.0115. The molecule has 3 heterocycles. The number of pyridine rings is 2. The lowest BCUT2D eigenvalue weighted by atomic mass is 9.96. The number of hydrogen-bond donors (Lipinski definition) is 1. The molecule has 0 aromatic carbocycles. The second-order valence-corrected chi connectivity index (χ2v) is 7.28. The van der Waals surface area contributed by atoms with E-state index >= 15 is 0 Å². The summed E-state index contributed by atoms with van der Waals surface area (Å²) in [4.78, 5) is 21.6. The average Bonchev–Trinajstić information content (AvgIpc) is 2.75. The Morgan fingerprint density at radius 2 is 1.94 bits per heavy atom. The van der Waals surface area contributed by atoms with Crippen molar-refractivity contribution in [2.75, 3.05) is 24.6 Å². The van der Waals surface area contributed by atoms with Crippen LogP contribution in [0.25, 0.3) is 0 Å². The van der Waals surface area contributed by atoms with Gasteiger partial charge in [0.2, 0.25) is 11.8 Å². The highest BCUT2D eigenvalue weighted by atomic mass is 19.4. The first-order valence-corrected chi connectivity index (χ1v) is 9.72. The van der Waals surface area contributed by atoms with Crippen LogP contribution < -0.4 is 15.0 Å². The molecular formula is C20H20F6N4O2. The van der Waals surface area contributed by atoms with Crippen molar-refractivity contribution in [3.63, 3.8) is 0 Å². The predicted octanol–water partition coefficient (Wildman–Crippen LogP) is 3.97. The Labute approximate surface area is 179 Å². The third-order valence-electron chi connectivity index (χ3n) is 4.83. The third-order valence-corrected chi connectivity index (χ3v) is 4.83. The van der Waals surface area contributed by atoms with Crippen molar-refractivity contribution in [1.29, 1.82) is 0 Å². The molecule has 1 aliphatic heterocycles. The predicted molar refractivity (Wildman–Crippen MR) is 102 cm³/mol. The van der Waals surface area contributed by atoms with Crippen LogP contribution in [0.2, 0.25) is 0 Å². The molecule has 3 rings (SSSR count). The Hall–Kier alpha value is -3.05. The van der Waals surface area contributed by atoms with Crippen molar-refractivity contribution < 1.29 is 35.9 Å².